The molecule has 30 heavy (non-hydrogen) atoms. The highest BCUT2D eigenvalue weighted by Gasteiger charge is 2.33. The van der Waals surface area contributed by atoms with E-state index in [4.69, 9.17) is 9.47 Å². The highest BCUT2D eigenvalue weighted by Crippen LogP contribution is 2.33. The molecule has 9 heteroatoms. The molecule has 1 fully saturated rings. The third-order valence-electron chi connectivity index (χ3n) is 5.14. The van der Waals surface area contributed by atoms with Crippen LogP contribution in [0.25, 0.3) is 0 Å². The summed E-state index contributed by atoms with van der Waals surface area (Å²) in [5.41, 5.74) is 1.02. The Balaban J connectivity index is 1.47. The second-order valence-corrected chi connectivity index (χ2v) is 9.24. The van der Waals surface area contributed by atoms with Crippen molar-refractivity contribution < 1.29 is 27.5 Å². The molecule has 0 N–H and O–H groups in total. The quantitative estimate of drug-likeness (QED) is 0.721. The van der Waals surface area contributed by atoms with Crippen molar-refractivity contribution in [3.63, 3.8) is 0 Å². The molecule has 2 aromatic carbocycles. The summed E-state index contributed by atoms with van der Waals surface area (Å²) in [6, 6.07) is 11.6. The van der Waals surface area contributed by atoms with E-state index in [1.165, 1.54) is 22.2 Å². The topological polar surface area (TPSA) is 93.2 Å². The molecule has 0 radical (unpaired) electrons. The minimum atomic E-state index is -3.57. The van der Waals surface area contributed by atoms with Gasteiger partial charge in [0.1, 0.15) is 0 Å². The molecule has 2 aromatic rings. The summed E-state index contributed by atoms with van der Waals surface area (Å²) in [6.45, 7) is 0.983. The van der Waals surface area contributed by atoms with Crippen LogP contribution in [-0.4, -0.2) is 56.4 Å². The van der Waals surface area contributed by atoms with Gasteiger partial charge in [-0.25, -0.2) is 13.4 Å². The first-order chi connectivity index (χ1) is 14.3. The molecule has 0 atom stereocenters. The molecule has 0 unspecified atom stereocenters. The van der Waals surface area contributed by atoms with Gasteiger partial charge in [-0.2, -0.15) is 0 Å². The molecule has 4 rings (SSSR count). The molecule has 2 heterocycles. The van der Waals surface area contributed by atoms with Crippen LogP contribution in [0.3, 0.4) is 0 Å². The second-order valence-electron chi connectivity index (χ2n) is 7.25. The van der Waals surface area contributed by atoms with E-state index in [-0.39, 0.29) is 29.6 Å². The smallest absolute Gasteiger partial charge is 0.273 e. The van der Waals surface area contributed by atoms with E-state index in [0.29, 0.717) is 37.4 Å². The Hall–Kier alpha value is -3.07. The minimum Gasteiger partial charge on any atom is -0.454 e. The molecule has 0 saturated carbocycles. The molecule has 8 nitrogen and oxygen atoms in total. The van der Waals surface area contributed by atoms with Crippen LogP contribution < -0.4 is 9.47 Å². The monoisotopic (exact) mass is 430 g/mol. The molecule has 0 spiro atoms. The van der Waals surface area contributed by atoms with E-state index in [0.717, 1.165) is 11.8 Å². The van der Waals surface area contributed by atoms with Crippen LogP contribution >= 0.6 is 0 Å². The van der Waals surface area contributed by atoms with Gasteiger partial charge in [0.05, 0.1) is 10.5 Å². The molecular formula is C21H22N2O6S. The van der Waals surface area contributed by atoms with Gasteiger partial charge in [0.2, 0.25) is 12.7 Å². The number of benzene rings is 2. The highest BCUT2D eigenvalue weighted by molar-refractivity contribution is 7.90. The van der Waals surface area contributed by atoms with Gasteiger partial charge in [0.15, 0.2) is 21.3 Å². The molecule has 0 aliphatic carbocycles. The zero-order chi connectivity index (χ0) is 21.3. The first-order valence-corrected chi connectivity index (χ1v) is 11.5. The fourth-order valence-electron chi connectivity index (χ4n) is 3.66. The van der Waals surface area contributed by atoms with Crippen LogP contribution in [0.4, 0.5) is 0 Å². The molecule has 2 aliphatic heterocycles. The van der Waals surface area contributed by atoms with Crippen LogP contribution in [-0.2, 0) is 21.1 Å². The van der Waals surface area contributed by atoms with E-state index < -0.39 is 15.7 Å². The van der Waals surface area contributed by atoms with Gasteiger partial charge in [0, 0.05) is 25.8 Å². The van der Waals surface area contributed by atoms with E-state index in [2.05, 4.69) is 0 Å². The lowest BCUT2D eigenvalue weighted by Gasteiger charge is -2.28. The van der Waals surface area contributed by atoms with Crippen LogP contribution in [0.5, 0.6) is 11.5 Å². The zero-order valence-electron chi connectivity index (χ0n) is 16.5. The summed E-state index contributed by atoms with van der Waals surface area (Å²) in [6.07, 6.45) is 2.42. The number of nitrogens with zero attached hydrogens (tertiary/aromatic N) is 2. The lowest BCUT2D eigenvalue weighted by atomic mass is 10.1. The predicted octanol–water partition coefficient (Wildman–Crippen LogP) is 2.04. The molecule has 0 aromatic heterocycles. The van der Waals surface area contributed by atoms with Gasteiger partial charge in [-0.1, -0.05) is 18.2 Å². The standard InChI is InChI=1S/C21H22N2O6S/c1-30(26,27)19-6-3-2-5-16(19)21(25)23-12-4-11-22(23)20(24)10-8-15-7-9-17-18(13-15)29-14-28-17/h2-3,5-7,9,13H,4,8,10-12,14H2,1H3. The third kappa shape index (κ3) is 3.97. The fraction of sp³-hybridized carbons (Fsp3) is 0.333. The van der Waals surface area contributed by atoms with Crippen molar-refractivity contribution in [1.29, 1.82) is 0 Å². The number of fused-ring (bicyclic) bond motifs is 1. The highest BCUT2D eigenvalue weighted by atomic mass is 32.2. The van der Waals surface area contributed by atoms with E-state index in [1.54, 1.807) is 12.1 Å². The second kappa shape index (κ2) is 7.98. The van der Waals surface area contributed by atoms with Gasteiger partial charge in [-0.3, -0.25) is 14.6 Å². The van der Waals surface area contributed by atoms with Crippen LogP contribution in [0, 0.1) is 0 Å². The molecule has 1 saturated heterocycles. The van der Waals surface area contributed by atoms with Crippen molar-refractivity contribution in [3.8, 4) is 11.5 Å². The molecule has 158 valence electrons. The first kappa shape index (κ1) is 20.2. The van der Waals surface area contributed by atoms with E-state index >= 15 is 0 Å². The molecular weight excluding hydrogens is 408 g/mol. The Morgan fingerprint density at radius 2 is 1.73 bits per heavy atom. The van der Waals surface area contributed by atoms with E-state index in [1.807, 2.05) is 18.2 Å². The summed E-state index contributed by atoms with van der Waals surface area (Å²) in [5.74, 6) is 0.682. The van der Waals surface area contributed by atoms with Crippen molar-refractivity contribution in [2.45, 2.75) is 24.2 Å². The molecule has 2 aliphatic rings. The summed E-state index contributed by atoms with van der Waals surface area (Å²) in [5, 5.41) is 2.78. The van der Waals surface area contributed by atoms with Crippen molar-refractivity contribution >= 4 is 21.7 Å². The van der Waals surface area contributed by atoms with Crippen LogP contribution in [0.15, 0.2) is 47.4 Å². The van der Waals surface area contributed by atoms with E-state index in [9.17, 15) is 18.0 Å². The van der Waals surface area contributed by atoms with Crippen molar-refractivity contribution in [2.75, 3.05) is 26.1 Å². The Morgan fingerprint density at radius 1 is 1.00 bits per heavy atom. The Kier molecular flexibility index (Phi) is 5.38. The first-order valence-electron chi connectivity index (χ1n) is 9.64. The fourth-order valence-corrected chi connectivity index (χ4v) is 4.55. The third-order valence-corrected chi connectivity index (χ3v) is 6.29. The summed E-state index contributed by atoms with van der Waals surface area (Å²) < 4.78 is 34.8. The Labute approximate surface area is 174 Å². The van der Waals surface area contributed by atoms with Crippen molar-refractivity contribution in [2.24, 2.45) is 0 Å². The number of hydrogen-bond donors (Lipinski definition) is 0. The summed E-state index contributed by atoms with van der Waals surface area (Å²) >= 11 is 0. The summed E-state index contributed by atoms with van der Waals surface area (Å²) in [4.78, 5) is 25.9. The zero-order valence-corrected chi connectivity index (χ0v) is 17.4. The van der Waals surface area contributed by atoms with Gasteiger partial charge < -0.3 is 9.47 Å². The maximum atomic E-state index is 13.1. The number of carbonyl (C=O) groups excluding carboxylic acids is 2. The lowest BCUT2D eigenvalue weighted by molar-refractivity contribution is -0.140. The maximum Gasteiger partial charge on any atom is 0.273 e. The van der Waals surface area contributed by atoms with Gasteiger partial charge in [-0.05, 0) is 42.7 Å². The average molecular weight is 430 g/mol. The number of hydrazine groups is 1. The average Bonchev–Trinajstić information content (AvgIpc) is 3.40. The minimum absolute atomic E-state index is 0.0327. The summed E-state index contributed by atoms with van der Waals surface area (Å²) in [7, 11) is -3.57. The van der Waals surface area contributed by atoms with Crippen LogP contribution in [0.1, 0.15) is 28.8 Å². The molecule has 2 amide bonds. The number of carbonyl (C=O) groups is 2. The van der Waals surface area contributed by atoms with Gasteiger partial charge in [0.25, 0.3) is 5.91 Å². The van der Waals surface area contributed by atoms with Gasteiger partial charge >= 0.3 is 0 Å². The Bertz CT molecular complexity index is 1100. The normalized spacial score (nSPS) is 15.5. The van der Waals surface area contributed by atoms with Crippen LogP contribution in [0.2, 0.25) is 0 Å². The number of ether oxygens (including phenoxy) is 2. The number of hydrogen-bond acceptors (Lipinski definition) is 6. The Morgan fingerprint density at radius 3 is 2.53 bits per heavy atom. The lowest BCUT2D eigenvalue weighted by Crippen LogP contribution is -2.45. The predicted molar refractivity (Wildman–Crippen MR) is 108 cm³/mol. The van der Waals surface area contributed by atoms with Gasteiger partial charge in [-0.15, -0.1) is 0 Å². The number of amides is 2. The number of sulfone groups is 1. The number of rotatable bonds is 5. The SMILES string of the molecule is CS(=O)(=O)c1ccccc1C(=O)N1CCCN1C(=O)CCc1ccc2c(c1)OCO2. The number of aryl methyl sites for hydroxylation is 1. The van der Waals surface area contributed by atoms with Crippen molar-refractivity contribution in [3.05, 3.63) is 53.6 Å². The van der Waals surface area contributed by atoms with Crippen molar-refractivity contribution in [1.82, 2.24) is 10.0 Å². The molecule has 0 bridgehead atoms. The maximum absolute atomic E-state index is 13.1. The largest absolute Gasteiger partial charge is 0.454 e.